The molecular weight excluding hydrogens is 340 g/mol. The number of hydrogen-bond acceptors (Lipinski definition) is 5. The summed E-state index contributed by atoms with van der Waals surface area (Å²) >= 11 is 0. The number of para-hydroxylation sites is 1. The first-order valence-electron chi connectivity index (χ1n) is 8.32. The van der Waals surface area contributed by atoms with Gasteiger partial charge in [-0.1, -0.05) is 24.6 Å². The van der Waals surface area contributed by atoms with Crippen molar-refractivity contribution >= 4 is 17.8 Å². The van der Waals surface area contributed by atoms with Crippen molar-refractivity contribution in [2.24, 2.45) is 5.73 Å². The van der Waals surface area contributed by atoms with E-state index in [0.717, 1.165) is 44.5 Å². The lowest BCUT2D eigenvalue weighted by Gasteiger charge is -2.17. The smallest absolute Gasteiger partial charge is 0.414 e. The maximum atomic E-state index is 10.6. The number of aliphatic carboxylic acids is 2. The summed E-state index contributed by atoms with van der Waals surface area (Å²) in [6.07, 6.45) is 4.56. The van der Waals surface area contributed by atoms with E-state index in [1.54, 1.807) is 7.11 Å². The second-order valence-corrected chi connectivity index (χ2v) is 5.75. The van der Waals surface area contributed by atoms with Gasteiger partial charge in [-0.05, 0) is 44.5 Å². The van der Waals surface area contributed by atoms with Crippen LogP contribution in [0.5, 0.6) is 5.75 Å². The lowest BCUT2D eigenvalue weighted by atomic mass is 10.1. The fourth-order valence-electron chi connectivity index (χ4n) is 2.19. The van der Waals surface area contributed by atoms with Crippen molar-refractivity contribution in [1.29, 1.82) is 0 Å². The summed E-state index contributed by atoms with van der Waals surface area (Å²) in [5.41, 5.74) is 6.36. The number of ether oxygens (including phenoxy) is 1. The van der Waals surface area contributed by atoms with Crippen LogP contribution in [0, 0.1) is 0 Å². The van der Waals surface area contributed by atoms with Crippen LogP contribution < -0.4 is 10.5 Å². The summed E-state index contributed by atoms with van der Waals surface area (Å²) in [5, 5.41) is 14.8. The summed E-state index contributed by atoms with van der Waals surface area (Å²) in [6, 6.07) is 8.14. The number of methoxy groups -OCH3 is 1. The third kappa shape index (κ3) is 11.9. The standard InChI is InChI=1S/C16H26N2O2.C2H2O4/c1-18(12-7-3-4-10-16(17)19)13-11-14-8-5-6-9-15(14)20-2;3-1(4)2(5)6/h5-6,8-9H,3-4,7,10-13H2,1-2H3,(H2,17,19);(H,3,4)(H,5,6). The van der Waals surface area contributed by atoms with Crippen LogP contribution in [0.15, 0.2) is 24.3 Å². The molecule has 0 radical (unpaired) electrons. The van der Waals surface area contributed by atoms with Crippen molar-refractivity contribution in [3.63, 3.8) is 0 Å². The molecule has 0 saturated heterocycles. The predicted molar refractivity (Wildman–Crippen MR) is 97.1 cm³/mol. The Morgan fingerprint density at radius 1 is 1.04 bits per heavy atom. The van der Waals surface area contributed by atoms with Crippen molar-refractivity contribution in [3.05, 3.63) is 29.8 Å². The van der Waals surface area contributed by atoms with Crippen LogP contribution in [-0.4, -0.2) is 60.2 Å². The van der Waals surface area contributed by atoms with Crippen molar-refractivity contribution in [2.75, 3.05) is 27.2 Å². The number of hydrogen-bond donors (Lipinski definition) is 3. The van der Waals surface area contributed by atoms with Crippen LogP contribution in [0.4, 0.5) is 0 Å². The number of nitrogens with two attached hydrogens (primary N) is 1. The third-order valence-electron chi connectivity index (χ3n) is 3.60. The molecule has 0 spiro atoms. The van der Waals surface area contributed by atoms with E-state index in [1.165, 1.54) is 5.56 Å². The number of unbranched alkanes of at least 4 members (excludes halogenated alkanes) is 2. The number of carbonyl (C=O) groups excluding carboxylic acids is 1. The highest BCUT2D eigenvalue weighted by Gasteiger charge is 2.05. The van der Waals surface area contributed by atoms with Gasteiger partial charge in [-0.2, -0.15) is 0 Å². The number of carboxylic acid groups (broad SMARTS) is 2. The molecule has 0 aliphatic carbocycles. The highest BCUT2D eigenvalue weighted by Crippen LogP contribution is 2.17. The first-order valence-corrected chi connectivity index (χ1v) is 8.32. The van der Waals surface area contributed by atoms with Crippen LogP contribution in [0.3, 0.4) is 0 Å². The molecule has 8 heteroatoms. The number of nitrogens with zero attached hydrogens (tertiary/aromatic N) is 1. The minimum atomic E-state index is -1.82. The maximum absolute atomic E-state index is 10.6. The molecule has 0 bridgehead atoms. The van der Waals surface area contributed by atoms with Crippen LogP contribution in [0.1, 0.15) is 31.2 Å². The van der Waals surface area contributed by atoms with E-state index in [-0.39, 0.29) is 5.91 Å². The second kappa shape index (κ2) is 13.7. The van der Waals surface area contributed by atoms with Crippen LogP contribution in [-0.2, 0) is 20.8 Å². The van der Waals surface area contributed by atoms with Crippen molar-refractivity contribution in [3.8, 4) is 5.75 Å². The molecule has 0 aromatic heterocycles. The Balaban J connectivity index is 0.000000896. The SMILES string of the molecule is COc1ccccc1CCN(C)CCCCCC(N)=O.O=C(O)C(=O)O. The Hall–Kier alpha value is -2.61. The predicted octanol–water partition coefficient (Wildman–Crippen LogP) is 1.37. The van der Waals surface area contributed by atoms with Gasteiger partial charge in [0.2, 0.25) is 5.91 Å². The van der Waals surface area contributed by atoms with Crippen LogP contribution >= 0.6 is 0 Å². The van der Waals surface area contributed by atoms with Crippen molar-refractivity contribution in [2.45, 2.75) is 32.1 Å². The highest BCUT2D eigenvalue weighted by atomic mass is 16.5. The first kappa shape index (κ1) is 23.4. The summed E-state index contributed by atoms with van der Waals surface area (Å²) in [4.78, 5) is 31.1. The molecule has 0 heterocycles. The molecule has 1 amide bonds. The van der Waals surface area contributed by atoms with Gasteiger partial charge in [0.05, 0.1) is 7.11 Å². The van der Waals surface area contributed by atoms with Crippen LogP contribution in [0.25, 0.3) is 0 Å². The molecule has 0 aliphatic heterocycles. The zero-order valence-electron chi connectivity index (χ0n) is 15.3. The third-order valence-corrected chi connectivity index (χ3v) is 3.60. The number of likely N-dealkylation sites (N-methyl/N-ethyl adjacent to an activating group) is 1. The van der Waals surface area contributed by atoms with Gasteiger partial charge in [0, 0.05) is 13.0 Å². The molecule has 0 fully saturated rings. The number of carbonyl (C=O) groups is 3. The molecule has 1 aromatic carbocycles. The van der Waals surface area contributed by atoms with Gasteiger partial charge in [-0.3, -0.25) is 4.79 Å². The summed E-state index contributed by atoms with van der Waals surface area (Å²) in [7, 11) is 3.84. The monoisotopic (exact) mass is 368 g/mol. The fourth-order valence-corrected chi connectivity index (χ4v) is 2.19. The highest BCUT2D eigenvalue weighted by molar-refractivity contribution is 6.27. The Labute approximate surface area is 153 Å². The number of rotatable bonds is 10. The molecule has 1 rings (SSSR count). The molecule has 1 aromatic rings. The van der Waals surface area contributed by atoms with Crippen LogP contribution in [0.2, 0.25) is 0 Å². The van der Waals surface area contributed by atoms with Gasteiger partial charge in [0.15, 0.2) is 0 Å². The molecule has 0 unspecified atom stereocenters. The molecule has 146 valence electrons. The Morgan fingerprint density at radius 3 is 2.19 bits per heavy atom. The molecule has 8 nitrogen and oxygen atoms in total. The van der Waals surface area contributed by atoms with Crippen molar-refractivity contribution < 1.29 is 29.3 Å². The van der Waals surface area contributed by atoms with E-state index < -0.39 is 11.9 Å². The molecule has 26 heavy (non-hydrogen) atoms. The zero-order valence-corrected chi connectivity index (χ0v) is 15.3. The Bertz CT molecular complexity index is 565. The Kier molecular flexibility index (Phi) is 12.3. The average molecular weight is 368 g/mol. The van der Waals surface area contributed by atoms with Gasteiger partial charge in [-0.25, -0.2) is 9.59 Å². The van der Waals surface area contributed by atoms with Gasteiger partial charge in [-0.15, -0.1) is 0 Å². The number of amides is 1. The Morgan fingerprint density at radius 2 is 1.65 bits per heavy atom. The number of carboxylic acids is 2. The summed E-state index contributed by atoms with van der Waals surface area (Å²) in [6.45, 7) is 2.06. The van der Waals surface area contributed by atoms with E-state index in [0.29, 0.717) is 6.42 Å². The number of benzene rings is 1. The quantitative estimate of drug-likeness (QED) is 0.420. The largest absolute Gasteiger partial charge is 0.496 e. The van der Waals surface area contributed by atoms with E-state index >= 15 is 0 Å². The van der Waals surface area contributed by atoms with E-state index in [9.17, 15) is 4.79 Å². The lowest BCUT2D eigenvalue weighted by Crippen LogP contribution is -2.22. The normalized spacial score (nSPS) is 9.96. The zero-order chi connectivity index (χ0) is 19.9. The van der Waals surface area contributed by atoms with E-state index in [4.69, 9.17) is 30.3 Å². The van der Waals surface area contributed by atoms with Gasteiger partial charge < -0.3 is 25.6 Å². The fraction of sp³-hybridized carbons (Fsp3) is 0.500. The maximum Gasteiger partial charge on any atom is 0.414 e. The van der Waals surface area contributed by atoms with Gasteiger partial charge >= 0.3 is 11.9 Å². The number of primary amides is 1. The first-order chi connectivity index (χ1) is 12.3. The molecule has 4 N–H and O–H groups in total. The van der Waals surface area contributed by atoms with Crippen molar-refractivity contribution in [1.82, 2.24) is 4.90 Å². The van der Waals surface area contributed by atoms with E-state index in [2.05, 4.69) is 18.0 Å². The summed E-state index contributed by atoms with van der Waals surface area (Å²) in [5.74, 6) is -2.89. The van der Waals surface area contributed by atoms with E-state index in [1.807, 2.05) is 18.2 Å². The summed E-state index contributed by atoms with van der Waals surface area (Å²) < 4.78 is 5.35. The topological polar surface area (TPSA) is 130 Å². The second-order valence-electron chi connectivity index (χ2n) is 5.75. The van der Waals surface area contributed by atoms with Gasteiger partial charge in [0.1, 0.15) is 5.75 Å². The minimum Gasteiger partial charge on any atom is -0.496 e. The van der Waals surface area contributed by atoms with Gasteiger partial charge in [0.25, 0.3) is 0 Å². The molecular formula is C18H28N2O6. The molecule has 0 atom stereocenters. The molecule has 0 aliphatic rings. The minimum absolute atomic E-state index is 0.200. The molecule has 0 saturated carbocycles. The lowest BCUT2D eigenvalue weighted by molar-refractivity contribution is -0.159. The average Bonchev–Trinajstić information content (AvgIpc) is 2.60.